The van der Waals surface area contributed by atoms with Gasteiger partial charge in [0.25, 0.3) is 0 Å². The summed E-state index contributed by atoms with van der Waals surface area (Å²) in [5.41, 5.74) is 8.09. The smallest absolute Gasteiger partial charge is 0.362 e. The summed E-state index contributed by atoms with van der Waals surface area (Å²) in [6.45, 7) is 0. The SMILES string of the molecule is O.O.[NH3+][C@@H](Cc1ccc(S(=O)(=O)[O-])cc1)C(=O)O.[NH3+][C@@H](Cc1ccc(S(=O)(=O)[O-])cc1)C(=O)O. The fraction of sp³-hybridized carbons (Fsp3) is 0.222. The predicted molar refractivity (Wildman–Crippen MR) is 112 cm³/mol. The topological polar surface area (TPSA) is 307 Å². The third-order valence-corrected chi connectivity index (χ3v) is 5.79. The zero-order chi connectivity index (χ0) is 24.7. The number of quaternary nitrogens is 2. The number of carbonyl (C=O) groups is 2. The molecule has 0 aliphatic heterocycles. The first-order valence-corrected chi connectivity index (χ1v) is 11.6. The number of rotatable bonds is 8. The van der Waals surface area contributed by atoms with Crippen LogP contribution in [0.15, 0.2) is 58.3 Å². The molecule has 2 aromatic rings. The average Bonchev–Trinajstić information content (AvgIpc) is 2.67. The molecule has 0 amide bonds. The Balaban J connectivity index is 0. The maximum atomic E-state index is 10.6. The van der Waals surface area contributed by atoms with Crippen molar-refractivity contribution in [1.29, 1.82) is 0 Å². The van der Waals surface area contributed by atoms with Gasteiger partial charge in [0.05, 0.1) is 9.79 Å². The summed E-state index contributed by atoms with van der Waals surface area (Å²) in [6.07, 6.45) is 0.378. The normalized spacial score (nSPS) is 12.6. The van der Waals surface area contributed by atoms with Crippen LogP contribution in [0.25, 0.3) is 0 Å². The lowest BCUT2D eigenvalue weighted by atomic mass is 10.1. The number of hydrogen-bond donors (Lipinski definition) is 4. The van der Waals surface area contributed by atoms with E-state index in [0.717, 1.165) is 24.3 Å². The van der Waals surface area contributed by atoms with E-state index in [4.69, 9.17) is 10.2 Å². The Labute approximate surface area is 194 Å². The predicted octanol–water partition coefficient (Wildman–Crippen LogP) is -3.99. The van der Waals surface area contributed by atoms with Crippen LogP contribution in [-0.4, -0.2) is 71.1 Å². The monoisotopic (exact) mass is 526 g/mol. The number of aliphatic carboxylic acids is 2. The Morgan fingerprint density at radius 2 is 0.912 bits per heavy atom. The van der Waals surface area contributed by atoms with Crippen LogP contribution < -0.4 is 11.5 Å². The van der Waals surface area contributed by atoms with Crippen molar-refractivity contribution in [2.45, 2.75) is 34.7 Å². The summed E-state index contributed by atoms with van der Waals surface area (Å²) in [6, 6.07) is 8.68. The lowest BCUT2D eigenvalue weighted by Crippen LogP contribution is -2.65. The molecule has 0 saturated carbocycles. The molecule has 2 atom stereocenters. The van der Waals surface area contributed by atoms with Crippen LogP contribution in [0, 0.1) is 0 Å². The van der Waals surface area contributed by atoms with Crippen LogP contribution in [0.3, 0.4) is 0 Å². The summed E-state index contributed by atoms with van der Waals surface area (Å²) < 4.78 is 63.7. The maximum Gasteiger partial charge on any atom is 0.362 e. The molecule has 2 aromatic carbocycles. The van der Waals surface area contributed by atoms with Gasteiger partial charge in [-0.05, 0) is 35.4 Å². The highest BCUT2D eigenvalue weighted by atomic mass is 32.2. The highest BCUT2D eigenvalue weighted by molar-refractivity contribution is 7.86. The molecule has 192 valence electrons. The second kappa shape index (κ2) is 13.7. The van der Waals surface area contributed by atoms with Crippen molar-refractivity contribution in [1.82, 2.24) is 0 Å². The van der Waals surface area contributed by atoms with E-state index in [1.807, 2.05) is 0 Å². The Morgan fingerprint density at radius 1 is 0.676 bits per heavy atom. The molecule has 0 spiro atoms. The lowest BCUT2D eigenvalue weighted by molar-refractivity contribution is -0.407. The molecule has 0 radical (unpaired) electrons. The van der Waals surface area contributed by atoms with E-state index >= 15 is 0 Å². The van der Waals surface area contributed by atoms with E-state index in [2.05, 4.69) is 11.5 Å². The highest BCUT2D eigenvalue weighted by Gasteiger charge is 2.16. The van der Waals surface area contributed by atoms with Crippen molar-refractivity contribution in [3.63, 3.8) is 0 Å². The van der Waals surface area contributed by atoms with Crippen LogP contribution in [0.5, 0.6) is 0 Å². The van der Waals surface area contributed by atoms with Gasteiger partial charge in [-0.2, -0.15) is 0 Å². The van der Waals surface area contributed by atoms with Gasteiger partial charge in [0.1, 0.15) is 20.2 Å². The zero-order valence-electron chi connectivity index (χ0n) is 17.6. The Morgan fingerprint density at radius 3 is 1.09 bits per heavy atom. The molecule has 2 rings (SSSR count). The zero-order valence-corrected chi connectivity index (χ0v) is 19.2. The minimum atomic E-state index is -4.45. The van der Waals surface area contributed by atoms with E-state index in [9.17, 15) is 35.5 Å². The minimum absolute atomic E-state index is 0. The van der Waals surface area contributed by atoms with Gasteiger partial charge in [-0.3, -0.25) is 0 Å². The molecule has 0 aliphatic carbocycles. The molecular formula is C18H26N2O12S2. The van der Waals surface area contributed by atoms with E-state index in [-0.39, 0.29) is 33.6 Å². The Bertz CT molecular complexity index is 1050. The summed E-state index contributed by atoms with van der Waals surface area (Å²) >= 11 is 0. The van der Waals surface area contributed by atoms with Crippen molar-refractivity contribution in [3.8, 4) is 0 Å². The van der Waals surface area contributed by atoms with Crippen molar-refractivity contribution < 1.29 is 68.2 Å². The van der Waals surface area contributed by atoms with Gasteiger partial charge in [0.15, 0.2) is 12.1 Å². The van der Waals surface area contributed by atoms with E-state index in [1.165, 1.54) is 24.3 Å². The van der Waals surface area contributed by atoms with Gasteiger partial charge in [0.2, 0.25) is 0 Å². The van der Waals surface area contributed by atoms with Gasteiger partial charge >= 0.3 is 11.9 Å². The fourth-order valence-corrected chi connectivity index (χ4v) is 3.27. The first-order chi connectivity index (χ1) is 14.6. The van der Waals surface area contributed by atoms with E-state index in [1.54, 1.807) is 0 Å². The van der Waals surface area contributed by atoms with Crippen LogP contribution in [0.1, 0.15) is 11.1 Å². The van der Waals surface area contributed by atoms with Gasteiger partial charge in [-0.1, -0.05) is 24.3 Å². The van der Waals surface area contributed by atoms with Crippen LogP contribution in [-0.2, 0) is 42.7 Å². The Hall–Kier alpha value is -2.96. The molecule has 14 nitrogen and oxygen atoms in total. The number of carboxylic acids is 2. The van der Waals surface area contributed by atoms with Gasteiger partial charge < -0.3 is 41.7 Å². The molecule has 0 unspecified atom stereocenters. The third kappa shape index (κ3) is 11.3. The second-order valence-electron chi connectivity index (χ2n) is 6.67. The maximum absolute atomic E-state index is 10.6. The molecule has 16 heteroatoms. The molecule has 0 aromatic heterocycles. The largest absolute Gasteiger partial charge is 0.744 e. The fourth-order valence-electron chi connectivity index (χ4n) is 2.33. The quantitative estimate of drug-likeness (QED) is 0.241. The average molecular weight is 527 g/mol. The van der Waals surface area contributed by atoms with Gasteiger partial charge in [-0.25, -0.2) is 26.4 Å². The molecular weight excluding hydrogens is 500 g/mol. The molecule has 0 saturated heterocycles. The molecule has 12 N–H and O–H groups in total. The first kappa shape index (κ1) is 33.2. The summed E-state index contributed by atoms with van der Waals surface area (Å²) in [5, 5.41) is 17.2. The molecule has 0 aliphatic rings. The van der Waals surface area contributed by atoms with Crippen molar-refractivity contribution >= 4 is 32.2 Å². The number of carboxylic acid groups (broad SMARTS) is 2. The van der Waals surface area contributed by atoms with Crippen LogP contribution >= 0.6 is 0 Å². The molecule has 0 bridgehead atoms. The van der Waals surface area contributed by atoms with Gasteiger partial charge in [0, 0.05) is 12.8 Å². The van der Waals surface area contributed by atoms with Crippen LogP contribution in [0.2, 0.25) is 0 Å². The summed E-state index contributed by atoms with van der Waals surface area (Å²) in [4.78, 5) is 20.4. The first-order valence-electron chi connectivity index (χ1n) is 8.82. The lowest BCUT2D eigenvalue weighted by Gasteiger charge is -2.08. The van der Waals surface area contributed by atoms with Gasteiger partial charge in [-0.15, -0.1) is 0 Å². The van der Waals surface area contributed by atoms with Crippen molar-refractivity contribution in [2.75, 3.05) is 0 Å². The minimum Gasteiger partial charge on any atom is -0.744 e. The molecule has 0 fully saturated rings. The van der Waals surface area contributed by atoms with Crippen molar-refractivity contribution in [2.24, 2.45) is 0 Å². The highest BCUT2D eigenvalue weighted by Crippen LogP contribution is 2.11. The standard InChI is InChI=1S/2C9H11NO5S.2H2O/c2*10-8(9(11)12)5-6-1-3-7(4-2-6)16(13,14)15;;/h2*1-4,8H,5,10H2,(H,11,12)(H,13,14,15);2*1H2/t2*8-;;/m00../s1. The number of benzene rings is 2. The van der Waals surface area contributed by atoms with Crippen molar-refractivity contribution in [3.05, 3.63) is 59.7 Å². The number of hydrogen-bond acceptors (Lipinski definition) is 8. The second-order valence-corrected chi connectivity index (χ2v) is 9.43. The Kier molecular flexibility index (Phi) is 13.4. The van der Waals surface area contributed by atoms with Crippen LogP contribution in [0.4, 0.5) is 0 Å². The van der Waals surface area contributed by atoms with E-state index in [0.29, 0.717) is 11.1 Å². The summed E-state index contributed by atoms with van der Waals surface area (Å²) in [7, 11) is -8.89. The molecule has 0 heterocycles. The third-order valence-electron chi connectivity index (χ3n) is 4.09. The summed E-state index contributed by atoms with van der Waals surface area (Å²) in [5.74, 6) is -2.05. The molecule has 34 heavy (non-hydrogen) atoms. The van der Waals surface area contributed by atoms with E-state index < -0.39 is 44.3 Å².